The summed E-state index contributed by atoms with van der Waals surface area (Å²) in [6.07, 6.45) is 2.67. The van der Waals surface area contributed by atoms with E-state index in [1.165, 1.54) is 0 Å². The number of carbonyl (C=O) groups excluding carboxylic acids is 2. The van der Waals surface area contributed by atoms with Crippen LogP contribution in [0, 0.1) is 11.8 Å². The van der Waals surface area contributed by atoms with E-state index in [-0.39, 0.29) is 11.8 Å². The van der Waals surface area contributed by atoms with E-state index < -0.39 is 17.8 Å². The molecule has 0 bridgehead atoms. The third kappa shape index (κ3) is 4.43. The largest absolute Gasteiger partial charge is 0.481 e. The lowest BCUT2D eigenvalue weighted by molar-refractivity contribution is -0.147. The molecule has 158 valence electrons. The maximum atomic E-state index is 13.1. The van der Waals surface area contributed by atoms with Crippen LogP contribution in [0.2, 0.25) is 0 Å². The first-order valence-corrected chi connectivity index (χ1v) is 10.5. The molecule has 1 fully saturated rings. The van der Waals surface area contributed by atoms with Gasteiger partial charge in [-0.1, -0.05) is 61.4 Å². The Kier molecular flexibility index (Phi) is 5.98. The molecule has 0 aliphatic heterocycles. The zero-order chi connectivity index (χ0) is 21.8. The monoisotopic (exact) mass is 416 g/mol. The minimum absolute atomic E-state index is 0.325. The predicted octanol–water partition coefficient (Wildman–Crippen LogP) is 4.92. The highest BCUT2D eigenvalue weighted by Crippen LogP contribution is 2.32. The lowest BCUT2D eigenvalue weighted by Gasteiger charge is -2.27. The van der Waals surface area contributed by atoms with E-state index in [4.69, 9.17) is 0 Å². The highest BCUT2D eigenvalue weighted by atomic mass is 16.4. The average molecular weight is 416 g/mol. The molecule has 3 aromatic carbocycles. The Morgan fingerprint density at radius 3 is 2.19 bits per heavy atom. The van der Waals surface area contributed by atoms with E-state index in [2.05, 4.69) is 10.6 Å². The standard InChI is InChI=1S/C25H24N2O4/c28-23(18-11-3-4-12-19(18)25(30)31)27-22-14-6-5-13-20(22)24(29)26-21-15-7-9-16-8-1-2-10-17(16)21/h1-2,5-10,13-15,18-19H,3-4,11-12H2,(H,26,29)(H,27,28)(H,30,31)/t18-,19-/m0/s1. The number of amides is 2. The lowest BCUT2D eigenvalue weighted by atomic mass is 9.78. The Morgan fingerprint density at radius 2 is 1.39 bits per heavy atom. The van der Waals surface area contributed by atoms with Crippen LogP contribution in [0.25, 0.3) is 10.8 Å². The van der Waals surface area contributed by atoms with Crippen LogP contribution >= 0.6 is 0 Å². The third-order valence-corrected chi connectivity index (χ3v) is 5.89. The molecule has 0 heterocycles. The third-order valence-electron chi connectivity index (χ3n) is 5.89. The van der Waals surface area contributed by atoms with Gasteiger partial charge in [0.1, 0.15) is 0 Å². The zero-order valence-electron chi connectivity index (χ0n) is 17.0. The van der Waals surface area contributed by atoms with Crippen molar-refractivity contribution in [3.8, 4) is 0 Å². The molecule has 0 spiro atoms. The summed E-state index contributed by atoms with van der Waals surface area (Å²) in [5.41, 5.74) is 1.38. The minimum Gasteiger partial charge on any atom is -0.481 e. The first-order valence-electron chi connectivity index (χ1n) is 10.5. The smallest absolute Gasteiger partial charge is 0.307 e. The topological polar surface area (TPSA) is 95.5 Å². The predicted molar refractivity (Wildman–Crippen MR) is 120 cm³/mol. The highest BCUT2D eigenvalue weighted by molar-refractivity contribution is 6.13. The van der Waals surface area contributed by atoms with Gasteiger partial charge in [0.25, 0.3) is 5.91 Å². The molecule has 2 amide bonds. The van der Waals surface area contributed by atoms with E-state index in [0.717, 1.165) is 23.6 Å². The van der Waals surface area contributed by atoms with Crippen molar-refractivity contribution in [2.45, 2.75) is 25.7 Å². The molecule has 1 aliphatic carbocycles. The Morgan fingerprint density at radius 1 is 0.742 bits per heavy atom. The van der Waals surface area contributed by atoms with Crippen molar-refractivity contribution in [2.75, 3.05) is 10.6 Å². The fourth-order valence-electron chi connectivity index (χ4n) is 4.28. The zero-order valence-corrected chi connectivity index (χ0v) is 17.0. The van der Waals surface area contributed by atoms with Gasteiger partial charge >= 0.3 is 5.97 Å². The molecule has 0 radical (unpaired) electrons. The van der Waals surface area contributed by atoms with Crippen molar-refractivity contribution in [3.63, 3.8) is 0 Å². The molecule has 0 unspecified atom stereocenters. The van der Waals surface area contributed by atoms with E-state index in [9.17, 15) is 19.5 Å². The normalized spacial score (nSPS) is 18.3. The summed E-state index contributed by atoms with van der Waals surface area (Å²) in [7, 11) is 0. The number of fused-ring (bicyclic) bond motifs is 1. The first kappa shape index (κ1) is 20.6. The van der Waals surface area contributed by atoms with Crippen molar-refractivity contribution in [1.29, 1.82) is 0 Å². The number of carbonyl (C=O) groups is 3. The van der Waals surface area contributed by atoms with Gasteiger partial charge in [-0.2, -0.15) is 0 Å². The fourth-order valence-corrected chi connectivity index (χ4v) is 4.28. The van der Waals surface area contributed by atoms with Gasteiger partial charge in [0.05, 0.1) is 23.1 Å². The molecule has 1 aliphatic rings. The molecule has 4 rings (SSSR count). The second-order valence-corrected chi connectivity index (χ2v) is 7.85. The maximum Gasteiger partial charge on any atom is 0.307 e. The van der Waals surface area contributed by atoms with Gasteiger partial charge < -0.3 is 15.7 Å². The van der Waals surface area contributed by atoms with Crippen LogP contribution in [0.3, 0.4) is 0 Å². The van der Waals surface area contributed by atoms with Crippen molar-refractivity contribution in [1.82, 2.24) is 0 Å². The van der Waals surface area contributed by atoms with Gasteiger partial charge in [-0.25, -0.2) is 0 Å². The molecule has 6 nitrogen and oxygen atoms in total. The highest BCUT2D eigenvalue weighted by Gasteiger charge is 2.36. The number of carboxylic acids is 1. The lowest BCUT2D eigenvalue weighted by Crippen LogP contribution is -2.36. The molecular formula is C25H24N2O4. The van der Waals surface area contributed by atoms with E-state index in [0.29, 0.717) is 29.8 Å². The number of nitrogens with one attached hydrogen (secondary N) is 2. The van der Waals surface area contributed by atoms with Crippen LogP contribution in [-0.4, -0.2) is 22.9 Å². The molecule has 0 saturated heterocycles. The van der Waals surface area contributed by atoms with Crippen molar-refractivity contribution in [2.24, 2.45) is 11.8 Å². The summed E-state index contributed by atoms with van der Waals surface area (Å²) in [6.45, 7) is 0. The van der Waals surface area contributed by atoms with E-state index >= 15 is 0 Å². The van der Waals surface area contributed by atoms with E-state index in [1.807, 2.05) is 42.5 Å². The van der Waals surface area contributed by atoms with Gasteiger partial charge in [0.15, 0.2) is 0 Å². The summed E-state index contributed by atoms with van der Waals surface area (Å²) >= 11 is 0. The van der Waals surface area contributed by atoms with Crippen LogP contribution < -0.4 is 10.6 Å². The summed E-state index contributed by atoms with van der Waals surface area (Å²) < 4.78 is 0. The first-order chi connectivity index (χ1) is 15.0. The molecule has 2 atom stereocenters. The van der Waals surface area contributed by atoms with Crippen LogP contribution in [0.15, 0.2) is 66.7 Å². The molecule has 6 heteroatoms. The van der Waals surface area contributed by atoms with Crippen LogP contribution in [0.5, 0.6) is 0 Å². The molecule has 1 saturated carbocycles. The number of hydrogen-bond acceptors (Lipinski definition) is 3. The van der Waals surface area contributed by atoms with Gasteiger partial charge in [0, 0.05) is 11.1 Å². The second kappa shape index (κ2) is 9.00. The summed E-state index contributed by atoms with van der Waals surface area (Å²) in [4.78, 5) is 37.5. The number of benzene rings is 3. The van der Waals surface area contributed by atoms with Crippen molar-refractivity contribution >= 4 is 39.9 Å². The number of para-hydroxylation sites is 1. The molecular weight excluding hydrogens is 392 g/mol. The fraction of sp³-hybridized carbons (Fsp3) is 0.240. The number of carboxylic acid groups (broad SMARTS) is 1. The Labute approximate surface area is 180 Å². The van der Waals surface area contributed by atoms with Gasteiger partial charge in [0.2, 0.25) is 5.91 Å². The SMILES string of the molecule is O=C(Nc1cccc2ccccc12)c1ccccc1NC(=O)[C@H]1CCCC[C@@H]1C(=O)O. The summed E-state index contributed by atoms with van der Waals surface area (Å²) in [6, 6.07) is 20.2. The Hall–Kier alpha value is -3.67. The number of aliphatic carboxylic acids is 1. The van der Waals surface area contributed by atoms with Crippen LogP contribution in [-0.2, 0) is 9.59 Å². The number of anilines is 2. The average Bonchev–Trinajstić information content (AvgIpc) is 2.79. The molecule has 3 aromatic rings. The summed E-state index contributed by atoms with van der Waals surface area (Å²) in [5.74, 6) is -2.92. The Bertz CT molecular complexity index is 1140. The Balaban J connectivity index is 1.56. The quantitative estimate of drug-likeness (QED) is 0.550. The second-order valence-electron chi connectivity index (χ2n) is 7.85. The minimum atomic E-state index is -0.943. The summed E-state index contributed by atoms with van der Waals surface area (Å²) in [5, 5.41) is 17.2. The van der Waals surface area contributed by atoms with Crippen LogP contribution in [0.1, 0.15) is 36.0 Å². The van der Waals surface area contributed by atoms with Crippen LogP contribution in [0.4, 0.5) is 11.4 Å². The van der Waals surface area contributed by atoms with Crippen molar-refractivity contribution < 1.29 is 19.5 Å². The number of hydrogen-bond donors (Lipinski definition) is 3. The van der Waals surface area contributed by atoms with Gasteiger partial charge in [-0.3, -0.25) is 14.4 Å². The molecule has 0 aromatic heterocycles. The maximum absolute atomic E-state index is 13.1. The number of rotatable bonds is 5. The molecule has 31 heavy (non-hydrogen) atoms. The molecule has 3 N–H and O–H groups in total. The van der Waals surface area contributed by atoms with E-state index in [1.54, 1.807) is 24.3 Å². The van der Waals surface area contributed by atoms with Crippen molar-refractivity contribution in [3.05, 3.63) is 72.3 Å². The van der Waals surface area contributed by atoms with Gasteiger partial charge in [-0.05, 0) is 36.4 Å². The van der Waals surface area contributed by atoms with Gasteiger partial charge in [-0.15, -0.1) is 0 Å².